The normalized spacial score (nSPS) is 16.3. The summed E-state index contributed by atoms with van der Waals surface area (Å²) in [6, 6.07) is 12.6. The third-order valence-electron chi connectivity index (χ3n) is 4.10. The van der Waals surface area contributed by atoms with Crippen LogP contribution in [0.4, 0.5) is 11.6 Å². The summed E-state index contributed by atoms with van der Waals surface area (Å²) in [6.07, 6.45) is 1.45. The molecule has 25 heavy (non-hydrogen) atoms. The molecule has 1 aromatic carbocycles. The van der Waals surface area contributed by atoms with E-state index in [0.717, 1.165) is 11.4 Å². The average Bonchev–Trinajstić information content (AvgIpc) is 3.23. The molecule has 1 aliphatic heterocycles. The molecule has 0 bridgehead atoms. The van der Waals surface area contributed by atoms with Gasteiger partial charge in [0.2, 0.25) is 5.95 Å². The van der Waals surface area contributed by atoms with Crippen molar-refractivity contribution in [2.75, 3.05) is 10.6 Å². The summed E-state index contributed by atoms with van der Waals surface area (Å²) in [7, 11) is 0. The fraction of sp³-hybridized carbons (Fsp3) is 0.167. The zero-order chi connectivity index (χ0) is 17.4. The molecule has 3 aromatic rings. The van der Waals surface area contributed by atoms with Gasteiger partial charge >= 0.3 is 0 Å². The van der Waals surface area contributed by atoms with Crippen LogP contribution in [-0.2, 0) is 4.79 Å². The molecule has 3 heterocycles. The van der Waals surface area contributed by atoms with Gasteiger partial charge in [-0.2, -0.15) is 10.1 Å². The van der Waals surface area contributed by atoms with E-state index in [4.69, 9.17) is 4.42 Å². The van der Waals surface area contributed by atoms with Crippen molar-refractivity contribution in [3.8, 4) is 0 Å². The maximum absolute atomic E-state index is 13.0. The molecule has 0 radical (unpaired) electrons. The van der Waals surface area contributed by atoms with E-state index in [1.807, 2.05) is 56.3 Å². The summed E-state index contributed by atoms with van der Waals surface area (Å²) in [5, 5.41) is 10.3. The number of aromatic nitrogens is 3. The zero-order valence-corrected chi connectivity index (χ0v) is 13.9. The Morgan fingerprint density at radius 3 is 2.72 bits per heavy atom. The lowest BCUT2D eigenvalue weighted by molar-refractivity contribution is -0.113. The van der Waals surface area contributed by atoms with Crippen molar-refractivity contribution in [3.05, 3.63) is 71.6 Å². The van der Waals surface area contributed by atoms with E-state index < -0.39 is 6.04 Å². The number of hydrogen-bond donors (Lipinski definition) is 2. The molecule has 0 unspecified atom stereocenters. The highest BCUT2D eigenvalue weighted by molar-refractivity contribution is 6.05. The monoisotopic (exact) mass is 335 g/mol. The van der Waals surface area contributed by atoms with Gasteiger partial charge in [0.25, 0.3) is 5.91 Å². The van der Waals surface area contributed by atoms with Gasteiger partial charge in [-0.3, -0.25) is 4.79 Å². The van der Waals surface area contributed by atoms with Gasteiger partial charge in [0, 0.05) is 11.4 Å². The molecule has 0 spiro atoms. The van der Waals surface area contributed by atoms with Crippen molar-refractivity contribution < 1.29 is 9.21 Å². The molecular weight excluding hydrogens is 318 g/mol. The Morgan fingerprint density at radius 2 is 2.00 bits per heavy atom. The lowest BCUT2D eigenvalue weighted by atomic mass is 10.00. The lowest BCUT2D eigenvalue weighted by Crippen LogP contribution is -2.31. The van der Waals surface area contributed by atoms with E-state index in [-0.39, 0.29) is 5.91 Å². The highest BCUT2D eigenvalue weighted by atomic mass is 16.3. The highest BCUT2D eigenvalue weighted by Gasteiger charge is 2.35. The van der Waals surface area contributed by atoms with E-state index in [9.17, 15) is 4.79 Å². The van der Waals surface area contributed by atoms with Crippen LogP contribution >= 0.6 is 0 Å². The number of para-hydroxylation sites is 1. The molecule has 1 atom stereocenters. The van der Waals surface area contributed by atoms with Crippen LogP contribution in [0.15, 0.2) is 64.5 Å². The van der Waals surface area contributed by atoms with E-state index >= 15 is 0 Å². The molecule has 1 amide bonds. The fourth-order valence-corrected chi connectivity index (χ4v) is 2.97. The Bertz CT molecular complexity index is 955. The van der Waals surface area contributed by atoms with Gasteiger partial charge < -0.3 is 15.1 Å². The first-order valence-corrected chi connectivity index (χ1v) is 7.93. The molecule has 0 saturated carbocycles. The molecule has 2 N–H and O–H groups in total. The van der Waals surface area contributed by atoms with Crippen LogP contribution in [0.25, 0.3) is 0 Å². The number of rotatable bonds is 3. The van der Waals surface area contributed by atoms with Gasteiger partial charge in [0.05, 0.1) is 5.57 Å². The quantitative estimate of drug-likeness (QED) is 0.768. The van der Waals surface area contributed by atoms with E-state index in [1.54, 1.807) is 4.68 Å². The Kier molecular flexibility index (Phi) is 3.61. The molecule has 7 nitrogen and oxygen atoms in total. The second-order valence-corrected chi connectivity index (χ2v) is 5.86. The van der Waals surface area contributed by atoms with Crippen LogP contribution in [0.2, 0.25) is 0 Å². The Hall–Kier alpha value is -3.35. The van der Waals surface area contributed by atoms with E-state index in [2.05, 4.69) is 20.7 Å². The van der Waals surface area contributed by atoms with Gasteiger partial charge in [0.15, 0.2) is 0 Å². The van der Waals surface area contributed by atoms with Crippen LogP contribution in [0, 0.1) is 6.92 Å². The van der Waals surface area contributed by atoms with Crippen molar-refractivity contribution in [3.63, 3.8) is 0 Å². The van der Waals surface area contributed by atoms with E-state index in [0.29, 0.717) is 23.0 Å². The van der Waals surface area contributed by atoms with Gasteiger partial charge in [-0.25, -0.2) is 4.68 Å². The summed E-state index contributed by atoms with van der Waals surface area (Å²) in [5.41, 5.74) is 1.98. The van der Waals surface area contributed by atoms with Gasteiger partial charge in [0.1, 0.15) is 23.9 Å². The second kappa shape index (κ2) is 5.94. The highest BCUT2D eigenvalue weighted by Crippen LogP contribution is 2.35. The van der Waals surface area contributed by atoms with Crippen LogP contribution < -0.4 is 10.6 Å². The van der Waals surface area contributed by atoms with Crippen molar-refractivity contribution in [1.29, 1.82) is 0 Å². The Labute approximate surface area is 144 Å². The molecule has 7 heteroatoms. The number of carbonyl (C=O) groups is 1. The van der Waals surface area contributed by atoms with Crippen molar-refractivity contribution >= 4 is 17.5 Å². The molecule has 1 aliphatic rings. The van der Waals surface area contributed by atoms with Crippen LogP contribution in [0.5, 0.6) is 0 Å². The van der Waals surface area contributed by atoms with Crippen molar-refractivity contribution in [1.82, 2.24) is 14.8 Å². The van der Waals surface area contributed by atoms with Crippen molar-refractivity contribution in [2.24, 2.45) is 0 Å². The standard InChI is InChI=1S/C18H17N5O2/c1-11-8-9-14(25-11)16-15(12(2)21-18-19-10-20-23(16)18)17(24)22-13-6-4-3-5-7-13/h3-10,16H,1-2H3,(H,22,24)(H,19,20,21)/t16-/m1/s1. The molecule has 126 valence electrons. The van der Waals surface area contributed by atoms with Gasteiger partial charge in [-0.15, -0.1) is 0 Å². The summed E-state index contributed by atoms with van der Waals surface area (Å²) >= 11 is 0. The minimum absolute atomic E-state index is 0.212. The number of carbonyl (C=O) groups excluding carboxylic acids is 1. The number of allylic oxidation sites excluding steroid dienone is 1. The predicted octanol–water partition coefficient (Wildman–Crippen LogP) is 3.11. The smallest absolute Gasteiger partial charge is 0.256 e. The number of aryl methyl sites for hydroxylation is 1. The predicted molar refractivity (Wildman–Crippen MR) is 93.0 cm³/mol. The molecule has 0 fully saturated rings. The average molecular weight is 335 g/mol. The summed E-state index contributed by atoms with van der Waals surface area (Å²) in [4.78, 5) is 17.2. The number of nitrogens with one attached hydrogen (secondary N) is 2. The Morgan fingerprint density at radius 1 is 1.20 bits per heavy atom. The largest absolute Gasteiger partial charge is 0.464 e. The first-order chi connectivity index (χ1) is 12.1. The molecule has 0 saturated heterocycles. The van der Waals surface area contributed by atoms with Crippen LogP contribution in [0.1, 0.15) is 24.5 Å². The number of furan rings is 1. The number of fused-ring (bicyclic) bond motifs is 1. The Balaban J connectivity index is 1.76. The third kappa shape index (κ3) is 2.69. The van der Waals surface area contributed by atoms with Gasteiger partial charge in [-0.1, -0.05) is 18.2 Å². The number of benzene rings is 1. The first kappa shape index (κ1) is 15.2. The summed E-state index contributed by atoms with van der Waals surface area (Å²) in [6.45, 7) is 3.72. The number of nitrogens with zero attached hydrogens (tertiary/aromatic N) is 3. The minimum atomic E-state index is -0.476. The number of anilines is 2. The third-order valence-corrected chi connectivity index (χ3v) is 4.10. The lowest BCUT2D eigenvalue weighted by Gasteiger charge is -2.27. The maximum atomic E-state index is 13.0. The molecule has 2 aromatic heterocycles. The van der Waals surface area contributed by atoms with Crippen molar-refractivity contribution in [2.45, 2.75) is 19.9 Å². The van der Waals surface area contributed by atoms with Crippen LogP contribution in [0.3, 0.4) is 0 Å². The SMILES string of the molecule is CC1=C(C(=O)Nc2ccccc2)[C@@H](c2ccc(C)o2)n2ncnc2N1. The fourth-order valence-electron chi connectivity index (χ4n) is 2.97. The molecular formula is C18H17N5O2. The topological polar surface area (TPSA) is 85.0 Å². The van der Waals surface area contributed by atoms with E-state index in [1.165, 1.54) is 6.33 Å². The zero-order valence-electron chi connectivity index (χ0n) is 13.9. The second-order valence-electron chi connectivity index (χ2n) is 5.86. The first-order valence-electron chi connectivity index (χ1n) is 7.93. The summed E-state index contributed by atoms with van der Waals surface area (Å²) < 4.78 is 7.46. The van der Waals surface area contributed by atoms with Gasteiger partial charge in [-0.05, 0) is 38.1 Å². The summed E-state index contributed by atoms with van der Waals surface area (Å²) in [5.74, 6) is 1.78. The number of amides is 1. The number of hydrogen-bond acceptors (Lipinski definition) is 5. The minimum Gasteiger partial charge on any atom is -0.464 e. The van der Waals surface area contributed by atoms with Crippen LogP contribution in [-0.4, -0.2) is 20.7 Å². The molecule has 4 rings (SSSR count). The molecule has 0 aliphatic carbocycles. The maximum Gasteiger partial charge on any atom is 0.256 e.